The number of aliphatic hydroxyl groups excluding tert-OH is 1. The minimum Gasteiger partial charge on any atom is -0.396 e. The van der Waals surface area contributed by atoms with Gasteiger partial charge in [-0.2, -0.15) is 0 Å². The van der Waals surface area contributed by atoms with Gasteiger partial charge in [0.1, 0.15) is 18.2 Å². The van der Waals surface area contributed by atoms with Crippen molar-refractivity contribution in [2.45, 2.75) is 42.1 Å². The van der Waals surface area contributed by atoms with E-state index in [1.807, 2.05) is 84.6 Å². The molecular weight excluding hydrogens is 564 g/mol. The Morgan fingerprint density at radius 2 is 1.65 bits per heavy atom. The van der Waals surface area contributed by atoms with Crippen molar-refractivity contribution < 1.29 is 19.5 Å². The number of likely N-dealkylation sites (tertiary alicyclic amines) is 1. The Kier molecular flexibility index (Phi) is 6.89. The molecule has 7 rings (SSSR count). The Balaban J connectivity index is 1.26. The third-order valence-electron chi connectivity index (χ3n) is 9.22. The summed E-state index contributed by atoms with van der Waals surface area (Å²) in [4.78, 5) is 48.5. The summed E-state index contributed by atoms with van der Waals surface area (Å²) in [5, 5.41) is 18.2. The van der Waals surface area contributed by atoms with Gasteiger partial charge in [0.25, 0.3) is 0 Å². The molecule has 0 bridgehead atoms. The molecule has 3 amide bonds. The average molecular weight is 599 g/mol. The average Bonchev–Trinajstić information content (AvgIpc) is 3.54. The summed E-state index contributed by atoms with van der Waals surface area (Å²) in [5.41, 5.74) is 2.58. The van der Waals surface area contributed by atoms with Crippen LogP contribution in [-0.4, -0.2) is 94.3 Å². The van der Waals surface area contributed by atoms with Gasteiger partial charge in [0.05, 0.1) is 22.1 Å². The summed E-state index contributed by atoms with van der Waals surface area (Å²) < 4.78 is 0.0934. The van der Waals surface area contributed by atoms with E-state index in [1.54, 1.807) is 26.2 Å². The summed E-state index contributed by atoms with van der Waals surface area (Å²) in [5.74, 6) is -1.82. The van der Waals surface area contributed by atoms with Gasteiger partial charge < -0.3 is 19.8 Å². The van der Waals surface area contributed by atoms with Gasteiger partial charge in [-0.25, -0.2) is 4.68 Å². The van der Waals surface area contributed by atoms with Gasteiger partial charge in [0.15, 0.2) is 0 Å². The van der Waals surface area contributed by atoms with Crippen molar-refractivity contribution in [3.8, 4) is 0 Å². The second-order valence-corrected chi connectivity index (χ2v) is 13.7. The Hall–Kier alpha value is -3.96. The lowest BCUT2D eigenvalue weighted by Crippen LogP contribution is -2.53. The number of carbonyl (C=O) groups is 3. The number of benzene rings is 2. The molecule has 5 atom stereocenters. The third-order valence-corrected chi connectivity index (χ3v) is 11.0. The van der Waals surface area contributed by atoms with Crippen molar-refractivity contribution in [2.24, 2.45) is 11.8 Å². The van der Waals surface area contributed by atoms with Crippen molar-refractivity contribution in [2.75, 3.05) is 26.2 Å². The van der Waals surface area contributed by atoms with Gasteiger partial charge >= 0.3 is 0 Å². The van der Waals surface area contributed by atoms with E-state index < -0.39 is 27.4 Å². The Morgan fingerprint density at radius 3 is 2.47 bits per heavy atom. The highest BCUT2D eigenvalue weighted by Gasteiger charge is 2.73. The monoisotopic (exact) mass is 598 g/mol. The van der Waals surface area contributed by atoms with Gasteiger partial charge in [0, 0.05) is 37.5 Å². The summed E-state index contributed by atoms with van der Waals surface area (Å²) in [6, 6.07) is 16.6. The van der Waals surface area contributed by atoms with E-state index in [4.69, 9.17) is 0 Å². The molecule has 1 spiro atoms. The zero-order chi connectivity index (χ0) is 29.8. The van der Waals surface area contributed by atoms with E-state index in [2.05, 4.69) is 16.4 Å². The third kappa shape index (κ3) is 4.39. The standard InChI is InChI=1S/C32H34N6O4S/c1-31-14-7-16-35(20-22-10-3-2-4-11-22)28(40)25(31)26-29(41)37(18-9-19-39)27-30(42)36(17-8-15-32(26,27)43-31)21-38-24-13-6-5-12-23(24)33-34-38/h2-8,10-15,25-27,39H,9,16-21H2,1H3/t25-,26+,27?,31+,32+/m1/s1. The molecule has 1 unspecified atom stereocenters. The van der Waals surface area contributed by atoms with Crippen LogP contribution >= 0.6 is 11.8 Å². The number of fused-ring (bicyclic) bond motifs is 3. The largest absolute Gasteiger partial charge is 0.396 e. The Morgan fingerprint density at radius 1 is 0.907 bits per heavy atom. The van der Waals surface area contributed by atoms with Crippen LogP contribution in [0.3, 0.4) is 0 Å². The highest BCUT2D eigenvalue weighted by Crippen LogP contribution is 2.65. The molecule has 43 heavy (non-hydrogen) atoms. The summed E-state index contributed by atoms with van der Waals surface area (Å²) in [6.07, 6.45) is 8.42. The highest BCUT2D eigenvalue weighted by molar-refractivity contribution is 8.02. The number of carbonyl (C=O) groups excluding carboxylic acids is 3. The molecule has 2 fully saturated rings. The molecule has 3 aromatic rings. The molecule has 5 heterocycles. The first-order chi connectivity index (χ1) is 20.9. The van der Waals surface area contributed by atoms with Crippen LogP contribution in [0.4, 0.5) is 0 Å². The van der Waals surface area contributed by atoms with Crippen LogP contribution in [0.1, 0.15) is 18.9 Å². The zero-order valence-corrected chi connectivity index (χ0v) is 24.8. The van der Waals surface area contributed by atoms with Gasteiger partial charge in [-0.3, -0.25) is 14.4 Å². The fraction of sp³-hybridized carbons (Fsp3) is 0.406. The maximum absolute atomic E-state index is 14.6. The lowest BCUT2D eigenvalue weighted by molar-refractivity contribution is -0.145. The van der Waals surface area contributed by atoms with E-state index in [1.165, 1.54) is 0 Å². The number of thioether (sulfide) groups is 1. The van der Waals surface area contributed by atoms with Crippen molar-refractivity contribution in [3.63, 3.8) is 0 Å². The van der Waals surface area contributed by atoms with Gasteiger partial charge in [-0.05, 0) is 31.0 Å². The van der Waals surface area contributed by atoms with Gasteiger partial charge in [-0.15, -0.1) is 16.9 Å². The molecule has 11 heteroatoms. The topological polar surface area (TPSA) is 112 Å². The van der Waals surface area contributed by atoms with E-state index in [9.17, 15) is 19.5 Å². The van der Waals surface area contributed by atoms with Crippen molar-refractivity contribution in [1.82, 2.24) is 29.7 Å². The number of aliphatic hydroxyl groups is 1. The quantitative estimate of drug-likeness (QED) is 0.416. The van der Waals surface area contributed by atoms with Crippen LogP contribution in [0.2, 0.25) is 0 Å². The molecule has 0 aliphatic carbocycles. The van der Waals surface area contributed by atoms with Crippen LogP contribution in [0.25, 0.3) is 11.0 Å². The molecule has 4 aliphatic heterocycles. The normalized spacial score (nSPS) is 30.0. The van der Waals surface area contributed by atoms with Crippen LogP contribution in [0, 0.1) is 11.8 Å². The maximum atomic E-state index is 14.6. The van der Waals surface area contributed by atoms with Gasteiger partial charge in [0.2, 0.25) is 17.7 Å². The minimum absolute atomic E-state index is 0.0714. The predicted molar refractivity (Wildman–Crippen MR) is 162 cm³/mol. The molecule has 2 saturated heterocycles. The van der Waals surface area contributed by atoms with Crippen LogP contribution < -0.4 is 0 Å². The maximum Gasteiger partial charge on any atom is 0.248 e. The molecule has 222 valence electrons. The Labute approximate surface area is 254 Å². The Bertz CT molecular complexity index is 1640. The van der Waals surface area contributed by atoms with Gasteiger partial charge in [-0.1, -0.05) is 72.0 Å². The number of hydrogen-bond donors (Lipinski definition) is 1. The number of rotatable bonds is 7. The first-order valence-electron chi connectivity index (χ1n) is 14.7. The molecule has 4 aliphatic rings. The predicted octanol–water partition coefficient (Wildman–Crippen LogP) is 2.46. The number of para-hydroxylation sites is 1. The summed E-state index contributed by atoms with van der Waals surface area (Å²) in [7, 11) is 0. The van der Waals surface area contributed by atoms with E-state index in [-0.39, 0.29) is 37.5 Å². The highest BCUT2D eigenvalue weighted by atomic mass is 32.2. The van der Waals surface area contributed by atoms with E-state index in [0.717, 1.165) is 16.6 Å². The minimum atomic E-state index is -0.933. The summed E-state index contributed by atoms with van der Waals surface area (Å²) in [6.45, 7) is 3.58. The SMILES string of the molecule is C[C@]12C=CCN(Cc3ccccc3)C(=O)[C@H]1[C@H]1C(=O)N(CCCO)C3C(=O)N(Cn4nnc5ccccc54)CC=C[C@@]31S2. The van der Waals surface area contributed by atoms with E-state index in [0.29, 0.717) is 26.1 Å². The number of hydrogen-bond acceptors (Lipinski definition) is 7. The smallest absolute Gasteiger partial charge is 0.248 e. The first-order valence-corrected chi connectivity index (χ1v) is 15.5. The molecular formula is C32H34N6O4S. The van der Waals surface area contributed by atoms with Crippen molar-refractivity contribution in [1.29, 1.82) is 0 Å². The lowest BCUT2D eigenvalue weighted by Gasteiger charge is -2.36. The number of nitrogens with zero attached hydrogens (tertiary/aromatic N) is 6. The van der Waals surface area contributed by atoms with Crippen molar-refractivity contribution >= 4 is 40.5 Å². The van der Waals surface area contributed by atoms with Crippen molar-refractivity contribution in [3.05, 3.63) is 84.5 Å². The molecule has 2 aromatic carbocycles. The molecule has 10 nitrogen and oxygen atoms in total. The second kappa shape index (κ2) is 10.6. The molecule has 0 radical (unpaired) electrons. The zero-order valence-electron chi connectivity index (χ0n) is 24.0. The second-order valence-electron chi connectivity index (χ2n) is 11.9. The van der Waals surface area contributed by atoms with Crippen LogP contribution in [-0.2, 0) is 27.6 Å². The van der Waals surface area contributed by atoms with Crippen LogP contribution in [0.5, 0.6) is 0 Å². The molecule has 1 aromatic heterocycles. The first kappa shape index (κ1) is 27.8. The number of amides is 3. The summed E-state index contributed by atoms with van der Waals surface area (Å²) >= 11 is 1.57. The van der Waals surface area contributed by atoms with Crippen LogP contribution in [0.15, 0.2) is 78.9 Å². The molecule has 0 saturated carbocycles. The van der Waals surface area contributed by atoms with E-state index >= 15 is 0 Å². The fourth-order valence-electron chi connectivity index (χ4n) is 7.36. The fourth-order valence-corrected chi connectivity index (χ4v) is 9.51. The number of aromatic nitrogens is 3. The molecule has 1 N–H and O–H groups in total. The lowest BCUT2D eigenvalue weighted by atomic mass is 9.74.